The second-order valence-corrected chi connectivity index (χ2v) is 6.05. The molecule has 1 fully saturated rings. The molecule has 1 aromatic rings. The molecule has 1 N–H and O–H groups in total. The van der Waals surface area contributed by atoms with E-state index in [0.29, 0.717) is 12.5 Å². The van der Waals surface area contributed by atoms with E-state index in [-0.39, 0.29) is 0 Å². The molecule has 2 heterocycles. The zero-order valence-corrected chi connectivity index (χ0v) is 13.5. The molecule has 0 bridgehead atoms. The van der Waals surface area contributed by atoms with Gasteiger partial charge in [0.15, 0.2) is 5.79 Å². The van der Waals surface area contributed by atoms with E-state index in [1.165, 1.54) is 0 Å². The van der Waals surface area contributed by atoms with Crippen LogP contribution in [0.4, 0.5) is 0 Å². The van der Waals surface area contributed by atoms with Crippen molar-refractivity contribution in [3.63, 3.8) is 0 Å². The third-order valence-corrected chi connectivity index (χ3v) is 3.67. The lowest BCUT2D eigenvalue weighted by molar-refractivity contribution is -0.262. The van der Waals surface area contributed by atoms with Gasteiger partial charge in [-0.25, -0.2) is 0 Å². The lowest BCUT2D eigenvalue weighted by atomic mass is 10.0. The number of rotatable bonds is 8. The number of hydrogen-bond donors (Lipinski definition) is 1. The summed E-state index contributed by atoms with van der Waals surface area (Å²) < 4.78 is 11.3. The van der Waals surface area contributed by atoms with Crippen LogP contribution in [-0.2, 0) is 14.3 Å². The van der Waals surface area contributed by atoms with Crippen LogP contribution in [0.3, 0.4) is 0 Å². The Labute approximate surface area is 132 Å². The van der Waals surface area contributed by atoms with Gasteiger partial charge in [0.2, 0.25) is 0 Å². The van der Waals surface area contributed by atoms with E-state index in [2.05, 4.69) is 17.0 Å². The van der Waals surface area contributed by atoms with Crippen LogP contribution in [-0.4, -0.2) is 30.6 Å². The van der Waals surface area contributed by atoms with Crippen molar-refractivity contribution in [1.82, 2.24) is 10.5 Å². The third-order valence-electron chi connectivity index (χ3n) is 3.67. The Morgan fingerprint density at radius 3 is 2.68 bits per heavy atom. The van der Waals surface area contributed by atoms with Gasteiger partial charge in [-0.2, -0.15) is 0 Å². The van der Waals surface area contributed by atoms with Gasteiger partial charge in [-0.3, -0.25) is 15.3 Å². The van der Waals surface area contributed by atoms with E-state index in [1.807, 2.05) is 26.0 Å². The number of unbranched alkanes of at least 4 members (excludes halogenated alkanes) is 1. The fourth-order valence-corrected chi connectivity index (χ4v) is 2.25. The number of ether oxygens (including phenoxy) is 2. The van der Waals surface area contributed by atoms with Crippen molar-refractivity contribution >= 4 is 5.70 Å². The zero-order valence-electron chi connectivity index (χ0n) is 13.5. The van der Waals surface area contributed by atoms with Crippen LogP contribution in [0.1, 0.15) is 38.7 Å². The summed E-state index contributed by atoms with van der Waals surface area (Å²) >= 11 is 0. The van der Waals surface area contributed by atoms with Crippen molar-refractivity contribution in [2.75, 3.05) is 19.8 Å². The average Bonchev–Trinajstić information content (AvgIpc) is 2.52. The largest absolute Gasteiger partial charge is 0.350 e. The molecule has 0 aliphatic carbocycles. The maximum absolute atomic E-state index is 5.65. The number of hydroxylamine groups is 1. The third kappa shape index (κ3) is 5.75. The number of hydrogen-bond acceptors (Lipinski definition) is 5. The predicted molar refractivity (Wildman–Crippen MR) is 85.7 cm³/mol. The van der Waals surface area contributed by atoms with Gasteiger partial charge in [0.25, 0.3) is 0 Å². The summed E-state index contributed by atoms with van der Waals surface area (Å²) in [6.45, 7) is 10.1. The van der Waals surface area contributed by atoms with E-state index >= 15 is 0 Å². The highest BCUT2D eigenvalue weighted by molar-refractivity contribution is 5.59. The number of pyridine rings is 1. The Morgan fingerprint density at radius 1 is 1.32 bits per heavy atom. The molecule has 0 aromatic carbocycles. The van der Waals surface area contributed by atoms with Gasteiger partial charge in [0.1, 0.15) is 0 Å². The molecule has 1 aliphatic rings. The van der Waals surface area contributed by atoms with Gasteiger partial charge in [0, 0.05) is 23.9 Å². The number of aromatic nitrogens is 1. The Hall–Kier alpha value is -1.43. The Balaban J connectivity index is 1.51. The van der Waals surface area contributed by atoms with Gasteiger partial charge in [-0.15, -0.1) is 0 Å². The summed E-state index contributed by atoms with van der Waals surface area (Å²) in [5.74, 6) is 0.0735. The van der Waals surface area contributed by atoms with Gasteiger partial charge >= 0.3 is 0 Å². The molecule has 1 aromatic heterocycles. The summed E-state index contributed by atoms with van der Waals surface area (Å²) in [5, 5.41) is 0. The number of nitrogens with one attached hydrogen (secondary N) is 1. The lowest BCUT2D eigenvalue weighted by Crippen LogP contribution is -2.39. The van der Waals surface area contributed by atoms with E-state index in [1.54, 1.807) is 12.4 Å². The van der Waals surface area contributed by atoms with Crippen LogP contribution < -0.4 is 5.48 Å². The quantitative estimate of drug-likeness (QED) is 0.590. The normalized spacial score (nSPS) is 18.1. The molecule has 22 heavy (non-hydrogen) atoms. The van der Waals surface area contributed by atoms with Crippen molar-refractivity contribution in [2.24, 2.45) is 5.92 Å². The van der Waals surface area contributed by atoms with Crippen molar-refractivity contribution in [3.8, 4) is 0 Å². The molecule has 0 spiro atoms. The first-order valence-corrected chi connectivity index (χ1v) is 7.82. The van der Waals surface area contributed by atoms with Crippen LogP contribution in [0.15, 0.2) is 31.1 Å². The molecule has 0 radical (unpaired) electrons. The predicted octanol–water partition coefficient (Wildman–Crippen LogP) is 3.14. The average molecular weight is 306 g/mol. The molecule has 5 nitrogen and oxygen atoms in total. The monoisotopic (exact) mass is 306 g/mol. The van der Waals surface area contributed by atoms with Crippen molar-refractivity contribution in [3.05, 3.63) is 36.7 Å². The summed E-state index contributed by atoms with van der Waals surface area (Å²) in [4.78, 5) is 9.41. The van der Waals surface area contributed by atoms with E-state index < -0.39 is 5.79 Å². The summed E-state index contributed by atoms with van der Waals surface area (Å²) in [7, 11) is 0. The van der Waals surface area contributed by atoms with Gasteiger partial charge in [-0.1, -0.05) is 13.0 Å². The van der Waals surface area contributed by atoms with Crippen molar-refractivity contribution in [1.29, 1.82) is 0 Å². The molecule has 0 saturated carbocycles. The lowest BCUT2D eigenvalue weighted by Gasteiger charge is -2.35. The second-order valence-electron chi connectivity index (χ2n) is 6.05. The smallest absolute Gasteiger partial charge is 0.162 e. The molecule has 0 amide bonds. The van der Waals surface area contributed by atoms with Crippen LogP contribution in [0.25, 0.3) is 5.70 Å². The molecule has 1 saturated heterocycles. The minimum absolute atomic E-state index is 0.420. The molecule has 5 heteroatoms. The fraction of sp³-hybridized carbons (Fsp3) is 0.588. The first-order valence-electron chi connectivity index (χ1n) is 7.82. The highest BCUT2D eigenvalue weighted by atomic mass is 16.7. The standard InChI is InChI=1S/C17H26N2O3/c1-14(16-7-9-18-10-8-16)19-22-11-5-4-6-15-12-20-17(2,3)21-13-15/h7-10,15,19H,1,4-6,11-13H2,2-3H3. The zero-order chi connectivity index (χ0) is 15.8. The van der Waals surface area contributed by atoms with Gasteiger partial charge in [-0.05, 0) is 38.8 Å². The van der Waals surface area contributed by atoms with Crippen LogP contribution in [0, 0.1) is 5.92 Å². The van der Waals surface area contributed by atoms with E-state index in [4.69, 9.17) is 14.3 Å². The fourth-order valence-electron chi connectivity index (χ4n) is 2.25. The Bertz CT molecular complexity index is 452. The van der Waals surface area contributed by atoms with E-state index in [0.717, 1.165) is 43.7 Å². The Morgan fingerprint density at radius 2 is 2.00 bits per heavy atom. The molecule has 0 atom stereocenters. The van der Waals surface area contributed by atoms with E-state index in [9.17, 15) is 0 Å². The van der Waals surface area contributed by atoms with Gasteiger partial charge < -0.3 is 9.47 Å². The molecule has 122 valence electrons. The molecule has 2 rings (SSSR count). The van der Waals surface area contributed by atoms with Crippen molar-refractivity contribution in [2.45, 2.75) is 38.9 Å². The minimum atomic E-state index is -0.420. The highest BCUT2D eigenvalue weighted by Crippen LogP contribution is 2.23. The maximum atomic E-state index is 5.65. The highest BCUT2D eigenvalue weighted by Gasteiger charge is 2.27. The first kappa shape index (κ1) is 16.9. The van der Waals surface area contributed by atoms with Crippen LogP contribution >= 0.6 is 0 Å². The minimum Gasteiger partial charge on any atom is -0.350 e. The van der Waals surface area contributed by atoms with Crippen molar-refractivity contribution < 1.29 is 14.3 Å². The summed E-state index contributed by atoms with van der Waals surface area (Å²) in [5.41, 5.74) is 4.61. The van der Waals surface area contributed by atoms with Gasteiger partial charge in [0.05, 0.1) is 25.5 Å². The number of nitrogens with zero attached hydrogens (tertiary/aromatic N) is 1. The molecular weight excluding hydrogens is 280 g/mol. The second kappa shape index (κ2) is 8.27. The molecule has 0 unspecified atom stereocenters. The first-order chi connectivity index (χ1) is 10.6. The molecule has 1 aliphatic heterocycles. The SMILES string of the molecule is C=C(NOCCCCC1COC(C)(C)OC1)c1ccncc1. The molecular formula is C17H26N2O3. The summed E-state index contributed by atoms with van der Waals surface area (Å²) in [6.07, 6.45) is 6.66. The Kier molecular flexibility index (Phi) is 6.36. The van der Waals surface area contributed by atoms with Crippen LogP contribution in [0.2, 0.25) is 0 Å². The maximum Gasteiger partial charge on any atom is 0.162 e. The van der Waals surface area contributed by atoms with Crippen LogP contribution in [0.5, 0.6) is 0 Å². The summed E-state index contributed by atoms with van der Waals surface area (Å²) in [6, 6.07) is 3.78. The topological polar surface area (TPSA) is 52.6 Å².